The van der Waals surface area contributed by atoms with Crippen molar-refractivity contribution < 1.29 is 9.21 Å². The highest BCUT2D eigenvalue weighted by Crippen LogP contribution is 2.25. The van der Waals surface area contributed by atoms with E-state index in [9.17, 15) is 4.79 Å². The van der Waals surface area contributed by atoms with Crippen LogP contribution in [0.2, 0.25) is 0 Å². The second-order valence-electron chi connectivity index (χ2n) is 7.87. The van der Waals surface area contributed by atoms with E-state index in [1.165, 1.54) is 0 Å². The van der Waals surface area contributed by atoms with Gasteiger partial charge in [0.1, 0.15) is 5.76 Å². The topological polar surface area (TPSA) is 76.2 Å². The van der Waals surface area contributed by atoms with Crippen LogP contribution in [-0.4, -0.2) is 46.2 Å². The molecule has 3 heterocycles. The van der Waals surface area contributed by atoms with Gasteiger partial charge in [-0.1, -0.05) is 13.8 Å². The predicted octanol–water partition coefficient (Wildman–Crippen LogP) is 3.76. The van der Waals surface area contributed by atoms with Gasteiger partial charge in [-0.05, 0) is 52.1 Å². The minimum Gasteiger partial charge on any atom is -0.468 e. The Morgan fingerprint density at radius 1 is 1.29 bits per heavy atom. The molecule has 0 aliphatic heterocycles. The molecule has 0 aliphatic rings. The SMILES string of the molecule is CC(C)c1cc(C(=O)NCC(c2ccco2)N(C)C)c2cnn(C(C)C)c2n1. The Hall–Kier alpha value is -2.67. The number of hydrogen-bond donors (Lipinski definition) is 1. The highest BCUT2D eigenvalue weighted by atomic mass is 16.3. The van der Waals surface area contributed by atoms with Gasteiger partial charge in [-0.2, -0.15) is 5.10 Å². The lowest BCUT2D eigenvalue weighted by Crippen LogP contribution is -2.34. The van der Waals surface area contributed by atoms with Crippen LogP contribution in [0.15, 0.2) is 35.1 Å². The van der Waals surface area contributed by atoms with E-state index in [1.807, 2.05) is 41.9 Å². The van der Waals surface area contributed by atoms with Gasteiger partial charge < -0.3 is 9.73 Å². The number of hydrogen-bond acceptors (Lipinski definition) is 5. The van der Waals surface area contributed by atoms with Crippen molar-refractivity contribution in [1.82, 2.24) is 25.0 Å². The van der Waals surface area contributed by atoms with Crippen LogP contribution >= 0.6 is 0 Å². The zero-order valence-electron chi connectivity index (χ0n) is 17.4. The Labute approximate surface area is 165 Å². The number of pyridine rings is 1. The molecule has 0 fully saturated rings. The molecule has 1 amide bonds. The van der Waals surface area contributed by atoms with E-state index < -0.39 is 0 Å². The number of carbonyl (C=O) groups is 1. The van der Waals surface area contributed by atoms with Gasteiger partial charge in [-0.3, -0.25) is 9.69 Å². The lowest BCUT2D eigenvalue weighted by Gasteiger charge is -2.22. The van der Waals surface area contributed by atoms with Gasteiger partial charge in [0.15, 0.2) is 5.65 Å². The fourth-order valence-corrected chi connectivity index (χ4v) is 3.20. The van der Waals surface area contributed by atoms with E-state index in [2.05, 4.69) is 38.1 Å². The number of nitrogens with zero attached hydrogens (tertiary/aromatic N) is 4. The average molecular weight is 383 g/mol. The van der Waals surface area contributed by atoms with E-state index in [0.717, 1.165) is 22.5 Å². The van der Waals surface area contributed by atoms with Gasteiger partial charge >= 0.3 is 0 Å². The van der Waals surface area contributed by atoms with Gasteiger partial charge in [-0.15, -0.1) is 0 Å². The monoisotopic (exact) mass is 383 g/mol. The van der Waals surface area contributed by atoms with Crippen LogP contribution in [0, 0.1) is 0 Å². The summed E-state index contributed by atoms with van der Waals surface area (Å²) in [4.78, 5) is 19.9. The quantitative estimate of drug-likeness (QED) is 0.672. The Bertz CT molecular complexity index is 941. The van der Waals surface area contributed by atoms with Gasteiger partial charge in [0, 0.05) is 18.3 Å². The van der Waals surface area contributed by atoms with Crippen molar-refractivity contribution in [2.45, 2.75) is 45.7 Å². The van der Waals surface area contributed by atoms with Crippen molar-refractivity contribution in [2.75, 3.05) is 20.6 Å². The summed E-state index contributed by atoms with van der Waals surface area (Å²) >= 11 is 0. The lowest BCUT2D eigenvalue weighted by molar-refractivity contribution is 0.0940. The molecule has 0 saturated carbocycles. The smallest absolute Gasteiger partial charge is 0.252 e. The molecule has 3 aromatic heterocycles. The number of nitrogens with one attached hydrogen (secondary N) is 1. The zero-order chi connectivity index (χ0) is 20.4. The molecule has 7 heteroatoms. The normalized spacial score (nSPS) is 13.0. The van der Waals surface area contributed by atoms with Crippen LogP contribution in [-0.2, 0) is 0 Å². The van der Waals surface area contributed by atoms with Crippen molar-refractivity contribution in [2.24, 2.45) is 0 Å². The summed E-state index contributed by atoms with van der Waals surface area (Å²) in [5, 5.41) is 8.29. The first kappa shape index (κ1) is 20.1. The summed E-state index contributed by atoms with van der Waals surface area (Å²) in [6.45, 7) is 8.70. The summed E-state index contributed by atoms with van der Waals surface area (Å²) in [7, 11) is 3.93. The molecule has 0 saturated heterocycles. The summed E-state index contributed by atoms with van der Waals surface area (Å²) in [5.41, 5.74) is 2.24. The molecule has 28 heavy (non-hydrogen) atoms. The zero-order valence-corrected chi connectivity index (χ0v) is 17.4. The standard InChI is InChI=1S/C21H29N5O2/c1-13(2)17-10-15(16-11-23-26(14(3)4)20(16)24-17)21(27)22-12-18(25(5)6)19-8-7-9-28-19/h7-11,13-14,18H,12H2,1-6H3,(H,22,27). The second kappa shape index (κ2) is 8.14. The summed E-state index contributed by atoms with van der Waals surface area (Å²) in [6.07, 6.45) is 3.38. The third-order valence-electron chi connectivity index (χ3n) is 4.86. The Morgan fingerprint density at radius 2 is 2.04 bits per heavy atom. The fourth-order valence-electron chi connectivity index (χ4n) is 3.20. The molecule has 0 bridgehead atoms. The molecule has 7 nitrogen and oxygen atoms in total. The summed E-state index contributed by atoms with van der Waals surface area (Å²) in [6, 6.07) is 5.78. The minimum atomic E-state index is -0.129. The highest BCUT2D eigenvalue weighted by molar-refractivity contribution is 6.05. The third-order valence-corrected chi connectivity index (χ3v) is 4.86. The van der Waals surface area contributed by atoms with Gasteiger partial charge in [0.25, 0.3) is 5.91 Å². The molecule has 3 rings (SSSR count). The van der Waals surface area contributed by atoms with E-state index in [0.29, 0.717) is 12.1 Å². The molecule has 0 aromatic carbocycles. The lowest BCUT2D eigenvalue weighted by atomic mass is 10.0. The molecule has 150 valence electrons. The maximum absolute atomic E-state index is 13.1. The molecule has 3 aromatic rings. The Morgan fingerprint density at radius 3 is 2.61 bits per heavy atom. The number of rotatable bonds is 7. The van der Waals surface area contributed by atoms with Crippen molar-refractivity contribution >= 4 is 16.9 Å². The van der Waals surface area contributed by atoms with Crippen LogP contribution < -0.4 is 5.32 Å². The minimum absolute atomic E-state index is 0.0424. The summed E-state index contributed by atoms with van der Waals surface area (Å²) < 4.78 is 7.39. The van der Waals surface area contributed by atoms with Gasteiger partial charge in [0.2, 0.25) is 0 Å². The number of amides is 1. The molecule has 1 unspecified atom stereocenters. The predicted molar refractivity (Wildman–Crippen MR) is 109 cm³/mol. The number of aromatic nitrogens is 3. The van der Waals surface area contributed by atoms with E-state index in [4.69, 9.17) is 9.40 Å². The van der Waals surface area contributed by atoms with Crippen molar-refractivity contribution in [1.29, 1.82) is 0 Å². The van der Waals surface area contributed by atoms with Crippen LogP contribution in [0.3, 0.4) is 0 Å². The van der Waals surface area contributed by atoms with Crippen LogP contribution in [0.25, 0.3) is 11.0 Å². The first-order chi connectivity index (χ1) is 13.3. The maximum atomic E-state index is 13.1. The second-order valence-corrected chi connectivity index (χ2v) is 7.87. The van der Waals surface area contributed by atoms with Crippen LogP contribution in [0.5, 0.6) is 0 Å². The molecule has 0 aliphatic carbocycles. The van der Waals surface area contributed by atoms with Gasteiger partial charge in [0.05, 0.1) is 29.5 Å². The number of furan rings is 1. The number of carbonyl (C=O) groups excluding carboxylic acids is 1. The highest BCUT2D eigenvalue weighted by Gasteiger charge is 2.22. The van der Waals surface area contributed by atoms with Gasteiger partial charge in [-0.25, -0.2) is 9.67 Å². The summed E-state index contributed by atoms with van der Waals surface area (Å²) in [5.74, 6) is 0.904. The third kappa shape index (κ3) is 3.94. The first-order valence-electron chi connectivity index (χ1n) is 9.65. The molecule has 0 radical (unpaired) electrons. The largest absolute Gasteiger partial charge is 0.468 e. The first-order valence-corrected chi connectivity index (χ1v) is 9.65. The van der Waals surface area contributed by atoms with E-state index >= 15 is 0 Å². The van der Waals surface area contributed by atoms with E-state index in [1.54, 1.807) is 12.5 Å². The Balaban J connectivity index is 1.92. The van der Waals surface area contributed by atoms with Crippen molar-refractivity contribution in [3.8, 4) is 0 Å². The molecule has 0 spiro atoms. The van der Waals surface area contributed by atoms with Crippen molar-refractivity contribution in [3.63, 3.8) is 0 Å². The molecule has 1 atom stereocenters. The van der Waals surface area contributed by atoms with Crippen LogP contribution in [0.1, 0.15) is 67.5 Å². The Kier molecular flexibility index (Phi) is 5.84. The molecular formula is C21H29N5O2. The van der Waals surface area contributed by atoms with Crippen LogP contribution in [0.4, 0.5) is 0 Å². The van der Waals surface area contributed by atoms with E-state index in [-0.39, 0.29) is 23.9 Å². The van der Waals surface area contributed by atoms with Crippen molar-refractivity contribution in [3.05, 3.63) is 47.7 Å². The number of likely N-dealkylation sites (N-methyl/N-ethyl adjacent to an activating group) is 1. The fraction of sp³-hybridized carbons (Fsp3) is 0.476. The average Bonchev–Trinajstić information content (AvgIpc) is 3.30. The molecule has 1 N–H and O–H groups in total. The number of fused-ring (bicyclic) bond motifs is 1. The maximum Gasteiger partial charge on any atom is 0.252 e. The molecular weight excluding hydrogens is 354 g/mol.